The minimum atomic E-state index is -0.408. The number of fused-ring (bicyclic) bond motifs is 1. The number of hydrogen-bond donors (Lipinski definition) is 5. The molecule has 3 aromatic rings. The molecule has 1 aromatic heterocycles. The third kappa shape index (κ3) is 6.79. The molecule has 11 nitrogen and oxygen atoms in total. The highest BCUT2D eigenvalue weighted by atomic mass is 16.5. The van der Waals surface area contributed by atoms with Gasteiger partial charge in [0.05, 0.1) is 36.6 Å². The van der Waals surface area contributed by atoms with Gasteiger partial charge < -0.3 is 25.4 Å². The van der Waals surface area contributed by atoms with Crippen molar-refractivity contribution in [3.05, 3.63) is 82.5 Å². The standard InChI is InChI=1S/C35H45N7O4/c1-35(2,3)21-18-25(33(43)38-4)31(45-6)27(19-21)40-34(44)39-26-14-15-29(24-11-8-7-10-23(24)26)46-22-13-16-30(36)42(20-22)32(37)28-12-9-17-41(28)5/h7-8,10-11,13,16,18-20,26,28-29,36-37H,9,12,14-15,17H2,1-6H3,(H,38,43)(H2,39,40,44)/t26?,28-,29?/m0/s1. The number of nitrogens with one attached hydrogen (secondary N) is 5. The van der Waals surface area contributed by atoms with Crippen molar-refractivity contribution < 1.29 is 19.1 Å². The van der Waals surface area contributed by atoms with Crippen LogP contribution in [0.5, 0.6) is 11.5 Å². The minimum Gasteiger partial charge on any atom is -0.494 e. The van der Waals surface area contributed by atoms with Gasteiger partial charge in [0.15, 0.2) is 5.75 Å². The summed E-state index contributed by atoms with van der Waals surface area (Å²) in [4.78, 5) is 28.3. The van der Waals surface area contributed by atoms with E-state index < -0.39 is 6.03 Å². The maximum absolute atomic E-state index is 13.5. The normalized spacial score (nSPS) is 19.6. The van der Waals surface area contributed by atoms with Crippen LogP contribution in [0.3, 0.4) is 0 Å². The summed E-state index contributed by atoms with van der Waals surface area (Å²) in [6.07, 6.45) is 4.70. The van der Waals surface area contributed by atoms with Gasteiger partial charge in [0.1, 0.15) is 23.2 Å². The molecular weight excluding hydrogens is 582 g/mol. The van der Waals surface area contributed by atoms with Gasteiger partial charge >= 0.3 is 6.03 Å². The van der Waals surface area contributed by atoms with E-state index >= 15 is 0 Å². The number of urea groups is 1. The highest BCUT2D eigenvalue weighted by Gasteiger charge is 2.31. The Morgan fingerprint density at radius 3 is 2.41 bits per heavy atom. The number of hydrogen-bond acceptors (Lipinski definition) is 7. The summed E-state index contributed by atoms with van der Waals surface area (Å²) >= 11 is 0. The van der Waals surface area contributed by atoms with Crippen LogP contribution in [0, 0.1) is 10.8 Å². The van der Waals surface area contributed by atoms with Crippen LogP contribution in [0.2, 0.25) is 0 Å². The van der Waals surface area contributed by atoms with Crippen LogP contribution in [-0.4, -0.2) is 61.0 Å². The number of pyridine rings is 1. The topological polar surface area (TPSA) is 145 Å². The molecule has 1 fully saturated rings. The number of ether oxygens (including phenoxy) is 2. The van der Waals surface area contributed by atoms with Gasteiger partial charge in [0.2, 0.25) is 0 Å². The Morgan fingerprint density at radius 1 is 1.02 bits per heavy atom. The Bertz CT molecular complexity index is 1690. The maximum atomic E-state index is 13.5. The number of nitrogens with zero attached hydrogens (tertiary/aromatic N) is 2. The van der Waals surface area contributed by atoms with Crippen molar-refractivity contribution in [2.75, 3.05) is 33.1 Å². The Kier molecular flexibility index (Phi) is 9.52. The lowest BCUT2D eigenvalue weighted by atomic mass is 9.85. The molecule has 1 saturated heterocycles. The number of likely N-dealkylation sites (N-methyl/N-ethyl adjacent to an activating group) is 1. The predicted octanol–water partition coefficient (Wildman–Crippen LogP) is 5.33. The largest absolute Gasteiger partial charge is 0.494 e. The number of amides is 3. The molecule has 3 atom stereocenters. The molecule has 2 unspecified atom stereocenters. The highest BCUT2D eigenvalue weighted by Crippen LogP contribution is 2.39. The fourth-order valence-electron chi connectivity index (χ4n) is 6.35. The summed E-state index contributed by atoms with van der Waals surface area (Å²) in [5.41, 5.74) is 3.55. The van der Waals surface area contributed by atoms with Crippen molar-refractivity contribution in [3.8, 4) is 11.5 Å². The van der Waals surface area contributed by atoms with E-state index in [1.54, 1.807) is 36.0 Å². The average Bonchev–Trinajstić information content (AvgIpc) is 3.47. The second-order valence-corrected chi connectivity index (χ2v) is 13.0. The highest BCUT2D eigenvalue weighted by molar-refractivity contribution is 6.01. The molecule has 5 rings (SSSR count). The van der Waals surface area contributed by atoms with Crippen LogP contribution in [0.15, 0.2) is 54.7 Å². The summed E-state index contributed by atoms with van der Waals surface area (Å²) in [6, 6.07) is 14.3. The predicted molar refractivity (Wildman–Crippen MR) is 178 cm³/mol. The van der Waals surface area contributed by atoms with Gasteiger partial charge in [-0.3, -0.25) is 25.1 Å². The quantitative estimate of drug-likeness (QED) is 0.178. The van der Waals surface area contributed by atoms with Gasteiger partial charge in [-0.2, -0.15) is 0 Å². The summed E-state index contributed by atoms with van der Waals surface area (Å²) in [5, 5.41) is 25.9. The van der Waals surface area contributed by atoms with E-state index in [0.29, 0.717) is 41.4 Å². The zero-order valence-electron chi connectivity index (χ0n) is 27.5. The molecule has 46 heavy (non-hydrogen) atoms. The van der Waals surface area contributed by atoms with Crippen LogP contribution in [-0.2, 0) is 5.41 Å². The molecule has 2 heterocycles. The average molecular weight is 628 g/mol. The number of rotatable bonds is 7. The molecule has 0 spiro atoms. The van der Waals surface area contributed by atoms with Crippen molar-refractivity contribution in [2.24, 2.45) is 0 Å². The maximum Gasteiger partial charge on any atom is 0.319 e. The van der Waals surface area contributed by atoms with Gasteiger partial charge in [-0.1, -0.05) is 45.0 Å². The van der Waals surface area contributed by atoms with Crippen LogP contribution in [0.4, 0.5) is 10.5 Å². The molecular formula is C35H45N7O4. The van der Waals surface area contributed by atoms with E-state index in [0.717, 1.165) is 36.1 Å². The summed E-state index contributed by atoms with van der Waals surface area (Å²) in [5.74, 6) is 0.956. The van der Waals surface area contributed by atoms with E-state index in [4.69, 9.17) is 20.3 Å². The van der Waals surface area contributed by atoms with Crippen LogP contribution < -0.4 is 30.9 Å². The summed E-state index contributed by atoms with van der Waals surface area (Å²) in [6.45, 7) is 7.08. The van der Waals surface area contributed by atoms with Gasteiger partial charge in [0, 0.05) is 7.05 Å². The molecule has 244 valence electrons. The molecule has 11 heteroatoms. The number of likely N-dealkylation sites (tertiary alicyclic amines) is 1. The van der Waals surface area contributed by atoms with Crippen molar-refractivity contribution in [2.45, 2.75) is 70.1 Å². The van der Waals surface area contributed by atoms with E-state index in [9.17, 15) is 9.59 Å². The lowest BCUT2D eigenvalue weighted by molar-refractivity contribution is 0.0960. The second-order valence-electron chi connectivity index (χ2n) is 13.0. The lowest BCUT2D eigenvalue weighted by Crippen LogP contribution is -2.40. The Morgan fingerprint density at radius 2 is 1.76 bits per heavy atom. The van der Waals surface area contributed by atoms with E-state index in [1.165, 1.54) is 7.11 Å². The van der Waals surface area contributed by atoms with Crippen LogP contribution >= 0.6 is 0 Å². The van der Waals surface area contributed by atoms with Gasteiger partial charge in [-0.25, -0.2) is 4.79 Å². The molecule has 5 N–H and O–H groups in total. The molecule has 3 amide bonds. The van der Waals surface area contributed by atoms with Gasteiger partial charge in [-0.15, -0.1) is 0 Å². The number of benzene rings is 2. The number of methoxy groups -OCH3 is 1. The Balaban J connectivity index is 1.35. The van der Waals surface area contributed by atoms with Crippen LogP contribution in [0.1, 0.15) is 85.6 Å². The Hall–Kier alpha value is -4.64. The number of anilines is 1. The first kappa shape index (κ1) is 32.7. The molecule has 2 aliphatic rings. The van der Waals surface area contributed by atoms with Crippen LogP contribution in [0.25, 0.3) is 0 Å². The van der Waals surface area contributed by atoms with Gasteiger partial charge in [0.25, 0.3) is 5.91 Å². The minimum absolute atomic E-state index is 0.0240. The van der Waals surface area contributed by atoms with Gasteiger partial charge in [-0.05, 0) is 85.6 Å². The first-order valence-corrected chi connectivity index (χ1v) is 15.7. The Labute approximate surface area is 270 Å². The first-order chi connectivity index (χ1) is 21.9. The molecule has 0 radical (unpaired) electrons. The fourth-order valence-corrected chi connectivity index (χ4v) is 6.35. The van der Waals surface area contributed by atoms with Crippen molar-refractivity contribution in [1.29, 1.82) is 10.8 Å². The SMILES string of the molecule is CNC(=O)c1cc(C(C)(C)C)cc(NC(=O)NC2CCC(Oc3ccc(=N)n(C(=N)[C@@H]4CCCN4C)c3)c3ccccc32)c1OC. The third-order valence-corrected chi connectivity index (χ3v) is 8.92. The molecule has 2 aromatic carbocycles. The lowest BCUT2D eigenvalue weighted by Gasteiger charge is -2.32. The van der Waals surface area contributed by atoms with E-state index in [-0.39, 0.29) is 35.0 Å². The molecule has 0 saturated carbocycles. The number of aromatic nitrogens is 1. The van der Waals surface area contributed by atoms with Crippen molar-refractivity contribution >= 4 is 23.5 Å². The zero-order valence-corrected chi connectivity index (χ0v) is 27.5. The zero-order chi connectivity index (χ0) is 33.2. The van der Waals surface area contributed by atoms with Crippen molar-refractivity contribution in [3.63, 3.8) is 0 Å². The summed E-state index contributed by atoms with van der Waals surface area (Å²) < 4.78 is 13.7. The molecule has 0 bridgehead atoms. The molecule has 1 aliphatic carbocycles. The molecule has 1 aliphatic heterocycles. The number of carbonyl (C=O) groups is 2. The first-order valence-electron chi connectivity index (χ1n) is 15.7. The smallest absolute Gasteiger partial charge is 0.319 e. The summed E-state index contributed by atoms with van der Waals surface area (Å²) in [7, 11) is 5.06. The van der Waals surface area contributed by atoms with E-state index in [1.807, 2.05) is 58.2 Å². The second kappa shape index (κ2) is 13.4. The van der Waals surface area contributed by atoms with Crippen molar-refractivity contribution in [1.82, 2.24) is 20.1 Å². The van der Waals surface area contributed by atoms with E-state index in [2.05, 4.69) is 20.9 Å². The number of carbonyl (C=O) groups excluding carboxylic acids is 2. The monoisotopic (exact) mass is 627 g/mol. The third-order valence-electron chi connectivity index (χ3n) is 8.92. The fraction of sp³-hybridized carbons (Fsp3) is 0.429.